The molecule has 8 heteroatoms. The third kappa shape index (κ3) is 4.10. The lowest BCUT2D eigenvalue weighted by molar-refractivity contribution is -0.133. The normalized spacial score (nSPS) is 18.5. The molecule has 2 atom stereocenters. The van der Waals surface area contributed by atoms with Gasteiger partial charge in [-0.2, -0.15) is 5.10 Å². The van der Waals surface area contributed by atoms with Crippen LogP contribution in [0.15, 0.2) is 70.2 Å². The predicted octanol–water partition coefficient (Wildman–Crippen LogP) is 4.23. The molecule has 0 unspecified atom stereocenters. The molecule has 1 aliphatic rings. The number of hydrazone groups is 1. The summed E-state index contributed by atoms with van der Waals surface area (Å²) in [5.41, 5.74) is 4.01. The maximum Gasteiger partial charge on any atom is 0.253 e. The molecule has 2 amide bonds. The maximum atomic E-state index is 12.6. The molecule has 152 valence electrons. The molecular weight excluding hydrogens is 425 g/mol. The molecule has 0 aliphatic carbocycles. The first-order valence-electron chi connectivity index (χ1n) is 9.24. The van der Waals surface area contributed by atoms with Crippen molar-refractivity contribution >= 4 is 41.2 Å². The SMILES string of the molecule is O=C1NC[C@H](c2ccccc2)[C@H]1C(=O)N/N=C/c1ccc(-c2cccc(Cl)c2Cl)o1. The number of amides is 2. The summed E-state index contributed by atoms with van der Waals surface area (Å²) in [5, 5.41) is 7.50. The van der Waals surface area contributed by atoms with Gasteiger partial charge in [0.2, 0.25) is 5.91 Å². The van der Waals surface area contributed by atoms with Crippen molar-refractivity contribution in [1.29, 1.82) is 0 Å². The van der Waals surface area contributed by atoms with Crippen LogP contribution in [-0.4, -0.2) is 24.6 Å². The van der Waals surface area contributed by atoms with E-state index in [4.69, 9.17) is 27.6 Å². The largest absolute Gasteiger partial charge is 0.455 e. The van der Waals surface area contributed by atoms with Crippen molar-refractivity contribution in [2.24, 2.45) is 11.0 Å². The molecule has 1 fully saturated rings. The summed E-state index contributed by atoms with van der Waals surface area (Å²) in [5.74, 6) is -0.935. The fourth-order valence-corrected chi connectivity index (χ4v) is 3.82. The summed E-state index contributed by atoms with van der Waals surface area (Å²) in [6.07, 6.45) is 1.37. The van der Waals surface area contributed by atoms with Gasteiger partial charge in [0, 0.05) is 18.0 Å². The van der Waals surface area contributed by atoms with E-state index in [-0.39, 0.29) is 11.8 Å². The van der Waals surface area contributed by atoms with Gasteiger partial charge in [0.25, 0.3) is 5.91 Å². The zero-order chi connectivity index (χ0) is 21.1. The second-order valence-electron chi connectivity index (χ2n) is 6.78. The minimum atomic E-state index is -0.845. The van der Waals surface area contributed by atoms with E-state index in [1.54, 1.807) is 30.3 Å². The molecule has 0 radical (unpaired) electrons. The third-order valence-corrected chi connectivity index (χ3v) is 5.72. The van der Waals surface area contributed by atoms with E-state index in [0.717, 1.165) is 5.56 Å². The number of carbonyl (C=O) groups is 2. The number of carbonyl (C=O) groups excluding carboxylic acids is 2. The fraction of sp³-hybridized carbons (Fsp3) is 0.136. The molecule has 0 bridgehead atoms. The number of rotatable bonds is 5. The first-order chi connectivity index (χ1) is 14.5. The van der Waals surface area contributed by atoms with Gasteiger partial charge >= 0.3 is 0 Å². The van der Waals surface area contributed by atoms with Crippen LogP contribution in [0.5, 0.6) is 0 Å². The number of nitrogens with one attached hydrogen (secondary N) is 2. The summed E-state index contributed by atoms with van der Waals surface area (Å²) in [7, 11) is 0. The van der Waals surface area contributed by atoms with Crippen LogP contribution in [0, 0.1) is 5.92 Å². The predicted molar refractivity (Wildman–Crippen MR) is 116 cm³/mol. The highest BCUT2D eigenvalue weighted by atomic mass is 35.5. The van der Waals surface area contributed by atoms with Gasteiger partial charge in [0.05, 0.1) is 16.3 Å². The molecular formula is C22H17Cl2N3O3. The van der Waals surface area contributed by atoms with Crippen molar-refractivity contribution in [3.63, 3.8) is 0 Å². The molecule has 3 aromatic rings. The average Bonchev–Trinajstić information content (AvgIpc) is 3.37. The van der Waals surface area contributed by atoms with Gasteiger partial charge < -0.3 is 9.73 Å². The van der Waals surface area contributed by atoms with Crippen LogP contribution in [0.3, 0.4) is 0 Å². The molecule has 2 heterocycles. The minimum absolute atomic E-state index is 0.242. The van der Waals surface area contributed by atoms with Crippen molar-refractivity contribution in [3.05, 3.63) is 82.0 Å². The van der Waals surface area contributed by atoms with Crippen LogP contribution in [0.2, 0.25) is 10.0 Å². The zero-order valence-corrected chi connectivity index (χ0v) is 17.2. The van der Waals surface area contributed by atoms with Crippen molar-refractivity contribution in [1.82, 2.24) is 10.7 Å². The van der Waals surface area contributed by atoms with Crippen molar-refractivity contribution < 1.29 is 14.0 Å². The molecule has 2 aromatic carbocycles. The Morgan fingerprint density at radius 3 is 2.70 bits per heavy atom. The Kier molecular flexibility index (Phi) is 5.88. The van der Waals surface area contributed by atoms with E-state index in [1.165, 1.54) is 6.21 Å². The Balaban J connectivity index is 1.44. The van der Waals surface area contributed by atoms with Crippen LogP contribution in [0.4, 0.5) is 0 Å². The Morgan fingerprint density at radius 1 is 1.10 bits per heavy atom. The smallest absolute Gasteiger partial charge is 0.253 e. The maximum absolute atomic E-state index is 12.6. The molecule has 30 heavy (non-hydrogen) atoms. The van der Waals surface area contributed by atoms with E-state index in [2.05, 4.69) is 15.8 Å². The standard InChI is InChI=1S/C22H17Cl2N3O3/c23-17-8-4-7-15(20(17)24)18-10-9-14(30-18)11-26-27-22(29)19-16(12-25-21(19)28)13-5-2-1-3-6-13/h1-11,16,19H,12H2,(H,25,28)(H,27,29)/b26-11+/t16-,19-/m1/s1. The second kappa shape index (κ2) is 8.73. The van der Waals surface area contributed by atoms with E-state index >= 15 is 0 Å². The number of hydrogen-bond acceptors (Lipinski definition) is 4. The zero-order valence-electron chi connectivity index (χ0n) is 15.6. The van der Waals surface area contributed by atoms with E-state index in [1.807, 2.05) is 30.3 Å². The number of benzene rings is 2. The molecule has 0 spiro atoms. The Hall–Kier alpha value is -3.09. The van der Waals surface area contributed by atoms with E-state index in [0.29, 0.717) is 33.7 Å². The van der Waals surface area contributed by atoms with E-state index in [9.17, 15) is 9.59 Å². The van der Waals surface area contributed by atoms with Crippen LogP contribution in [0.1, 0.15) is 17.2 Å². The number of hydrogen-bond donors (Lipinski definition) is 2. The minimum Gasteiger partial charge on any atom is -0.455 e. The lowest BCUT2D eigenvalue weighted by atomic mass is 9.88. The monoisotopic (exact) mass is 441 g/mol. The van der Waals surface area contributed by atoms with Gasteiger partial charge in [0.15, 0.2) is 0 Å². The summed E-state index contributed by atoms with van der Waals surface area (Å²) in [6, 6.07) is 18.1. The quantitative estimate of drug-likeness (QED) is 0.352. The van der Waals surface area contributed by atoms with Crippen molar-refractivity contribution in [2.45, 2.75) is 5.92 Å². The van der Waals surface area contributed by atoms with Crippen LogP contribution < -0.4 is 10.7 Å². The number of halogens is 2. The van der Waals surface area contributed by atoms with Crippen LogP contribution >= 0.6 is 23.2 Å². The third-order valence-electron chi connectivity index (χ3n) is 4.90. The van der Waals surface area contributed by atoms with Gasteiger partial charge in [-0.15, -0.1) is 0 Å². The van der Waals surface area contributed by atoms with Gasteiger partial charge in [-0.3, -0.25) is 9.59 Å². The highest BCUT2D eigenvalue weighted by Gasteiger charge is 2.40. The molecule has 0 saturated carbocycles. The topological polar surface area (TPSA) is 83.7 Å². The molecule has 1 aromatic heterocycles. The van der Waals surface area contributed by atoms with Crippen molar-refractivity contribution in [2.75, 3.05) is 6.54 Å². The summed E-state index contributed by atoms with van der Waals surface area (Å²) >= 11 is 12.3. The number of furan rings is 1. The molecule has 6 nitrogen and oxygen atoms in total. The van der Waals surface area contributed by atoms with Gasteiger partial charge in [-0.05, 0) is 29.8 Å². The summed E-state index contributed by atoms with van der Waals surface area (Å²) in [6.45, 7) is 0.409. The van der Waals surface area contributed by atoms with Crippen LogP contribution in [0.25, 0.3) is 11.3 Å². The first kappa shape index (κ1) is 20.2. The Bertz CT molecular complexity index is 1110. The summed E-state index contributed by atoms with van der Waals surface area (Å²) in [4.78, 5) is 24.8. The molecule has 4 rings (SSSR count). The van der Waals surface area contributed by atoms with Crippen molar-refractivity contribution in [3.8, 4) is 11.3 Å². The number of nitrogens with zero attached hydrogens (tertiary/aromatic N) is 1. The highest BCUT2D eigenvalue weighted by Crippen LogP contribution is 2.34. The molecule has 2 N–H and O–H groups in total. The fourth-order valence-electron chi connectivity index (χ4n) is 3.42. The van der Waals surface area contributed by atoms with Gasteiger partial charge in [-0.1, -0.05) is 59.6 Å². The highest BCUT2D eigenvalue weighted by molar-refractivity contribution is 6.43. The van der Waals surface area contributed by atoms with Crippen LogP contribution in [-0.2, 0) is 9.59 Å². The first-order valence-corrected chi connectivity index (χ1v) is 10.00. The summed E-state index contributed by atoms with van der Waals surface area (Å²) < 4.78 is 5.70. The van der Waals surface area contributed by atoms with Gasteiger partial charge in [0.1, 0.15) is 17.4 Å². The second-order valence-corrected chi connectivity index (χ2v) is 7.56. The van der Waals surface area contributed by atoms with Gasteiger partial charge in [-0.25, -0.2) is 5.43 Å². The lowest BCUT2D eigenvalue weighted by Crippen LogP contribution is -2.34. The average molecular weight is 442 g/mol. The molecule has 1 saturated heterocycles. The Labute approximate surface area is 182 Å². The Morgan fingerprint density at radius 2 is 1.90 bits per heavy atom. The molecule has 1 aliphatic heterocycles. The van der Waals surface area contributed by atoms with E-state index < -0.39 is 11.8 Å². The lowest BCUT2D eigenvalue weighted by Gasteiger charge is -2.15.